The number of amides is 2. The zero-order valence-electron chi connectivity index (χ0n) is 21.3. The first-order valence-corrected chi connectivity index (χ1v) is 12.2. The Bertz CT molecular complexity index is 1570. The van der Waals surface area contributed by atoms with E-state index in [4.69, 9.17) is 9.84 Å². The number of hydrogen-bond donors (Lipinski definition) is 1. The van der Waals surface area contributed by atoms with Crippen LogP contribution in [0.5, 0.6) is 5.88 Å². The molecule has 0 bridgehead atoms. The van der Waals surface area contributed by atoms with E-state index in [0.29, 0.717) is 34.4 Å². The number of carbonyl (C=O) groups is 1. The Morgan fingerprint density at radius 1 is 1.13 bits per heavy atom. The Hall–Kier alpha value is -4.49. The van der Waals surface area contributed by atoms with E-state index in [1.807, 2.05) is 7.05 Å². The molecule has 5 heterocycles. The van der Waals surface area contributed by atoms with E-state index in [-0.39, 0.29) is 24.9 Å². The van der Waals surface area contributed by atoms with Crippen LogP contribution in [0, 0.1) is 0 Å². The SMILES string of the molecule is COc1ncnc(C2CC2)c1-c1nn(C)c2c1CN(c1ccc(-c3nc(C(F)(F)F)cn3C)cn1)C(=O)NC2. The second kappa shape index (κ2) is 9.06. The number of halogens is 3. The molecule has 39 heavy (non-hydrogen) atoms. The molecule has 4 aromatic heterocycles. The van der Waals surface area contributed by atoms with Crippen LogP contribution in [0.3, 0.4) is 0 Å². The molecule has 202 valence electrons. The molecule has 0 aromatic carbocycles. The topological polar surface area (TPSA) is 116 Å². The van der Waals surface area contributed by atoms with Gasteiger partial charge in [-0.15, -0.1) is 0 Å². The van der Waals surface area contributed by atoms with Crippen molar-refractivity contribution in [2.24, 2.45) is 14.1 Å². The van der Waals surface area contributed by atoms with Gasteiger partial charge in [-0.25, -0.2) is 24.7 Å². The van der Waals surface area contributed by atoms with Crippen LogP contribution in [0.2, 0.25) is 0 Å². The van der Waals surface area contributed by atoms with E-state index in [9.17, 15) is 18.0 Å². The lowest BCUT2D eigenvalue weighted by atomic mass is 10.0. The Balaban J connectivity index is 1.38. The third-order valence-electron chi connectivity index (χ3n) is 6.93. The summed E-state index contributed by atoms with van der Waals surface area (Å²) in [7, 11) is 4.84. The number of aromatic nitrogens is 7. The Morgan fingerprint density at radius 2 is 1.92 bits per heavy atom. The fourth-order valence-corrected chi connectivity index (χ4v) is 4.84. The number of urea groups is 1. The number of alkyl halides is 3. The average molecular weight is 540 g/mol. The van der Waals surface area contributed by atoms with Gasteiger partial charge in [-0.05, 0) is 25.0 Å². The molecule has 14 heteroatoms. The van der Waals surface area contributed by atoms with Gasteiger partial charge in [0.1, 0.15) is 23.7 Å². The number of aryl methyl sites for hydroxylation is 2. The predicted octanol–water partition coefficient (Wildman–Crippen LogP) is 3.81. The third kappa shape index (κ3) is 4.34. The fraction of sp³-hybridized carbons (Fsp3) is 0.360. The summed E-state index contributed by atoms with van der Waals surface area (Å²) in [5.41, 5.74) is 3.24. The van der Waals surface area contributed by atoms with Crippen molar-refractivity contribution in [3.8, 4) is 28.5 Å². The summed E-state index contributed by atoms with van der Waals surface area (Å²) in [6.45, 7) is 0.397. The van der Waals surface area contributed by atoms with Crippen LogP contribution in [0.15, 0.2) is 30.9 Å². The van der Waals surface area contributed by atoms with Crippen molar-refractivity contribution in [3.63, 3.8) is 0 Å². The zero-order chi connectivity index (χ0) is 27.5. The van der Waals surface area contributed by atoms with Crippen LogP contribution in [-0.2, 0) is 33.4 Å². The largest absolute Gasteiger partial charge is 0.480 e. The number of fused-ring (bicyclic) bond motifs is 1. The lowest BCUT2D eigenvalue weighted by Crippen LogP contribution is -2.37. The molecule has 0 radical (unpaired) electrons. The average Bonchev–Trinajstić information content (AvgIpc) is 3.64. The smallest absolute Gasteiger partial charge is 0.434 e. The molecule has 11 nitrogen and oxygen atoms in total. The summed E-state index contributed by atoms with van der Waals surface area (Å²) < 4.78 is 48.0. The number of carbonyl (C=O) groups excluding carboxylic acids is 1. The van der Waals surface area contributed by atoms with E-state index in [1.54, 1.807) is 23.9 Å². The number of anilines is 1. The first kappa shape index (κ1) is 24.8. The van der Waals surface area contributed by atoms with Crippen LogP contribution >= 0.6 is 0 Å². The molecule has 1 fully saturated rings. The van der Waals surface area contributed by atoms with Gasteiger partial charge in [-0.2, -0.15) is 18.3 Å². The predicted molar refractivity (Wildman–Crippen MR) is 133 cm³/mol. The number of pyridine rings is 1. The minimum absolute atomic E-state index is 0.113. The quantitative estimate of drug-likeness (QED) is 0.410. The van der Waals surface area contributed by atoms with Crippen LogP contribution in [0.1, 0.15) is 41.4 Å². The molecule has 2 aliphatic rings. The lowest BCUT2D eigenvalue weighted by Gasteiger charge is -2.20. The van der Waals surface area contributed by atoms with E-state index >= 15 is 0 Å². The maximum Gasteiger partial charge on any atom is 0.434 e. The van der Waals surface area contributed by atoms with Crippen molar-refractivity contribution in [3.05, 3.63) is 53.5 Å². The van der Waals surface area contributed by atoms with Crippen molar-refractivity contribution in [2.45, 2.75) is 38.0 Å². The maximum atomic E-state index is 13.1. The number of methoxy groups -OCH3 is 1. The Kier molecular flexibility index (Phi) is 5.77. The fourth-order valence-electron chi connectivity index (χ4n) is 4.84. The first-order valence-electron chi connectivity index (χ1n) is 12.2. The van der Waals surface area contributed by atoms with Crippen LogP contribution < -0.4 is 15.0 Å². The zero-order valence-corrected chi connectivity index (χ0v) is 21.3. The van der Waals surface area contributed by atoms with Gasteiger partial charge in [-0.3, -0.25) is 9.58 Å². The van der Waals surface area contributed by atoms with Crippen LogP contribution in [0.4, 0.5) is 23.8 Å². The number of hydrogen-bond acceptors (Lipinski definition) is 7. The Morgan fingerprint density at radius 3 is 2.56 bits per heavy atom. The van der Waals surface area contributed by atoms with Gasteiger partial charge >= 0.3 is 12.2 Å². The molecule has 1 aliphatic heterocycles. The molecule has 1 saturated carbocycles. The van der Waals surface area contributed by atoms with Crippen LogP contribution in [0.25, 0.3) is 22.6 Å². The molecule has 0 saturated heterocycles. The van der Waals surface area contributed by atoms with Gasteiger partial charge in [0.05, 0.1) is 37.2 Å². The molecular formula is C25H24F3N9O2. The van der Waals surface area contributed by atoms with E-state index < -0.39 is 11.9 Å². The molecule has 0 atom stereocenters. The van der Waals surface area contributed by atoms with Gasteiger partial charge in [-0.1, -0.05) is 0 Å². The number of nitrogens with zero attached hydrogens (tertiary/aromatic N) is 8. The second-order valence-corrected chi connectivity index (χ2v) is 9.52. The summed E-state index contributed by atoms with van der Waals surface area (Å²) >= 11 is 0. The van der Waals surface area contributed by atoms with Gasteiger partial charge in [0.2, 0.25) is 5.88 Å². The minimum Gasteiger partial charge on any atom is -0.480 e. The van der Waals surface area contributed by atoms with Crippen molar-refractivity contribution < 1.29 is 22.7 Å². The number of rotatable bonds is 5. The van der Waals surface area contributed by atoms with Gasteiger partial charge < -0.3 is 14.6 Å². The number of nitrogens with one attached hydrogen (secondary N) is 1. The van der Waals surface area contributed by atoms with Gasteiger partial charge in [0.15, 0.2) is 5.69 Å². The van der Waals surface area contributed by atoms with E-state index in [0.717, 1.165) is 36.0 Å². The number of ether oxygens (including phenoxy) is 1. The van der Waals surface area contributed by atoms with Crippen molar-refractivity contribution in [2.75, 3.05) is 12.0 Å². The highest BCUT2D eigenvalue weighted by Crippen LogP contribution is 2.46. The monoisotopic (exact) mass is 539 g/mol. The summed E-state index contributed by atoms with van der Waals surface area (Å²) in [5, 5.41) is 7.67. The molecular weight excluding hydrogens is 515 g/mol. The van der Waals surface area contributed by atoms with Gasteiger partial charge in [0.25, 0.3) is 0 Å². The van der Waals surface area contributed by atoms with Crippen molar-refractivity contribution in [1.82, 2.24) is 39.6 Å². The molecule has 2 amide bonds. The van der Waals surface area contributed by atoms with Crippen LogP contribution in [-0.4, -0.2) is 47.4 Å². The molecule has 0 spiro atoms. The van der Waals surface area contributed by atoms with E-state index in [1.165, 1.54) is 29.0 Å². The van der Waals surface area contributed by atoms with E-state index in [2.05, 4.69) is 25.3 Å². The van der Waals surface area contributed by atoms with Crippen molar-refractivity contribution >= 4 is 11.8 Å². The molecule has 1 N–H and O–H groups in total. The number of imidazole rings is 1. The summed E-state index contributed by atoms with van der Waals surface area (Å²) in [4.78, 5) is 31.6. The highest BCUT2D eigenvalue weighted by atomic mass is 19.4. The second-order valence-electron chi connectivity index (χ2n) is 9.52. The third-order valence-corrected chi connectivity index (χ3v) is 6.93. The standard InChI is InChI=1S/C25H24F3N9O2/c1-35-11-17(25(26,27)28)33-22(35)14-6-7-18(29-8-14)37-10-15-16(9-30-24(37)38)36(2)34-21(15)19-20(13-4-5-13)31-12-32-23(19)39-3/h6-8,11-13H,4-5,9-10H2,1-3H3,(H,30,38). The molecule has 1 aliphatic carbocycles. The summed E-state index contributed by atoms with van der Waals surface area (Å²) in [6.07, 6.45) is 1.29. The van der Waals surface area contributed by atoms with Gasteiger partial charge in [0, 0.05) is 43.5 Å². The highest BCUT2D eigenvalue weighted by molar-refractivity contribution is 5.92. The Labute approximate surface area is 220 Å². The first-order chi connectivity index (χ1) is 18.7. The maximum absolute atomic E-state index is 13.1. The summed E-state index contributed by atoms with van der Waals surface area (Å²) in [5.74, 6) is 1.15. The molecule has 4 aromatic rings. The van der Waals surface area contributed by atoms with Crippen molar-refractivity contribution in [1.29, 1.82) is 0 Å². The lowest BCUT2D eigenvalue weighted by molar-refractivity contribution is -0.140. The minimum atomic E-state index is -4.56. The highest BCUT2D eigenvalue weighted by Gasteiger charge is 2.36. The molecule has 0 unspecified atom stereocenters. The summed E-state index contributed by atoms with van der Waals surface area (Å²) in [6, 6.07) is 2.81. The normalized spacial score (nSPS) is 15.6. The molecule has 6 rings (SSSR count).